The molecule has 0 saturated heterocycles. The average Bonchev–Trinajstić information content (AvgIpc) is 2.10. The van der Waals surface area contributed by atoms with Gasteiger partial charge in [-0.15, -0.1) is 0 Å². The molecule has 2 N–H and O–H groups in total. The van der Waals surface area contributed by atoms with E-state index in [1.807, 2.05) is 0 Å². The van der Waals surface area contributed by atoms with Gasteiger partial charge in [0.2, 0.25) is 0 Å². The van der Waals surface area contributed by atoms with Crippen molar-refractivity contribution in [3.05, 3.63) is 29.8 Å². The van der Waals surface area contributed by atoms with E-state index in [4.69, 9.17) is 5.11 Å². The molecule has 0 atom stereocenters. The van der Waals surface area contributed by atoms with Crippen LogP contribution in [0.4, 0.5) is 14.5 Å². The van der Waals surface area contributed by atoms with Gasteiger partial charge in [-0.2, -0.15) is 0 Å². The van der Waals surface area contributed by atoms with Gasteiger partial charge >= 0.3 is 5.97 Å². The van der Waals surface area contributed by atoms with Gasteiger partial charge in [-0.05, 0) is 18.6 Å². The molecule has 0 aliphatic carbocycles. The van der Waals surface area contributed by atoms with E-state index < -0.39 is 17.6 Å². The highest BCUT2D eigenvalue weighted by Gasteiger charge is 2.00. The molecule has 0 amide bonds. The molecule has 0 aliphatic rings. The Kier molecular flexibility index (Phi) is 4.03. The number of halogens is 2. The van der Waals surface area contributed by atoms with E-state index in [9.17, 15) is 13.6 Å². The molecular weight excluding hydrogens is 204 g/mol. The molecule has 0 saturated carbocycles. The Morgan fingerprint density at radius 2 is 1.87 bits per heavy atom. The van der Waals surface area contributed by atoms with Gasteiger partial charge < -0.3 is 10.4 Å². The highest BCUT2D eigenvalue weighted by molar-refractivity contribution is 5.66. The minimum atomic E-state index is -0.887. The summed E-state index contributed by atoms with van der Waals surface area (Å²) in [7, 11) is 0. The fourth-order valence-electron chi connectivity index (χ4n) is 1.13. The third-order valence-corrected chi connectivity index (χ3v) is 1.76. The molecule has 0 spiro atoms. The number of carboxylic acids is 1. The minimum absolute atomic E-state index is 0.0325. The number of anilines is 1. The summed E-state index contributed by atoms with van der Waals surface area (Å²) in [6, 6.07) is 3.09. The zero-order valence-electron chi connectivity index (χ0n) is 7.96. The molecule has 0 radical (unpaired) electrons. The molecule has 1 aromatic carbocycles. The van der Waals surface area contributed by atoms with E-state index in [0.29, 0.717) is 18.7 Å². The van der Waals surface area contributed by atoms with Crippen LogP contribution in [0.1, 0.15) is 12.8 Å². The molecule has 15 heavy (non-hydrogen) atoms. The summed E-state index contributed by atoms with van der Waals surface area (Å²) in [6.45, 7) is 0.370. The number of hydrogen-bond donors (Lipinski definition) is 2. The number of carbonyl (C=O) groups is 1. The maximum atomic E-state index is 12.7. The van der Waals surface area contributed by atoms with Crippen molar-refractivity contribution in [2.45, 2.75) is 12.8 Å². The minimum Gasteiger partial charge on any atom is -0.481 e. The predicted octanol–water partition coefficient (Wildman–Crippen LogP) is 2.24. The van der Waals surface area contributed by atoms with E-state index in [-0.39, 0.29) is 6.42 Å². The summed E-state index contributed by atoms with van der Waals surface area (Å²) in [4.78, 5) is 10.2. The van der Waals surface area contributed by atoms with Gasteiger partial charge in [0.15, 0.2) is 0 Å². The van der Waals surface area contributed by atoms with Gasteiger partial charge in [0.05, 0.1) is 0 Å². The summed E-state index contributed by atoms with van der Waals surface area (Å²) in [5, 5.41) is 11.1. The van der Waals surface area contributed by atoms with E-state index in [2.05, 4.69) is 5.32 Å². The lowest BCUT2D eigenvalue weighted by Crippen LogP contribution is -2.05. The predicted molar refractivity (Wildman–Crippen MR) is 51.7 cm³/mol. The van der Waals surface area contributed by atoms with Gasteiger partial charge in [-0.1, -0.05) is 0 Å². The third kappa shape index (κ3) is 4.39. The van der Waals surface area contributed by atoms with Crippen LogP contribution in [0.25, 0.3) is 0 Å². The largest absolute Gasteiger partial charge is 0.481 e. The van der Waals surface area contributed by atoms with Crippen molar-refractivity contribution in [3.63, 3.8) is 0 Å². The van der Waals surface area contributed by atoms with Crippen molar-refractivity contribution in [1.82, 2.24) is 0 Å². The number of nitrogens with one attached hydrogen (secondary N) is 1. The summed E-state index contributed by atoms with van der Waals surface area (Å²) in [5.74, 6) is -2.20. The fourth-order valence-corrected chi connectivity index (χ4v) is 1.13. The second-order valence-corrected chi connectivity index (χ2v) is 3.08. The maximum Gasteiger partial charge on any atom is 0.303 e. The Labute approximate surface area is 85.7 Å². The summed E-state index contributed by atoms with van der Waals surface area (Å²) < 4.78 is 25.4. The number of aliphatic carboxylic acids is 1. The first-order valence-electron chi connectivity index (χ1n) is 4.49. The maximum absolute atomic E-state index is 12.7. The van der Waals surface area contributed by atoms with Crippen LogP contribution in [-0.4, -0.2) is 17.6 Å². The van der Waals surface area contributed by atoms with E-state index in [0.717, 1.165) is 18.2 Å². The molecule has 0 bridgehead atoms. The smallest absolute Gasteiger partial charge is 0.303 e. The molecule has 0 aromatic heterocycles. The molecule has 0 aliphatic heterocycles. The zero-order valence-corrected chi connectivity index (χ0v) is 7.96. The van der Waals surface area contributed by atoms with Crippen molar-refractivity contribution in [2.24, 2.45) is 0 Å². The number of hydrogen-bond acceptors (Lipinski definition) is 2. The normalized spacial score (nSPS) is 10.0. The van der Waals surface area contributed by atoms with Crippen molar-refractivity contribution in [2.75, 3.05) is 11.9 Å². The third-order valence-electron chi connectivity index (χ3n) is 1.76. The SMILES string of the molecule is O=C(O)CCCNc1cc(F)cc(F)c1. The molecule has 1 rings (SSSR count). The zero-order chi connectivity index (χ0) is 11.3. The molecule has 0 unspecified atom stereocenters. The number of benzene rings is 1. The van der Waals surface area contributed by atoms with Gasteiger partial charge in [-0.25, -0.2) is 8.78 Å². The highest BCUT2D eigenvalue weighted by atomic mass is 19.1. The second kappa shape index (κ2) is 5.29. The lowest BCUT2D eigenvalue weighted by molar-refractivity contribution is -0.137. The Morgan fingerprint density at radius 1 is 1.27 bits per heavy atom. The summed E-state index contributed by atoms with van der Waals surface area (Å²) in [5.41, 5.74) is 0.317. The molecule has 82 valence electrons. The van der Waals surface area contributed by atoms with Crippen molar-refractivity contribution in [1.29, 1.82) is 0 Å². The Hall–Kier alpha value is -1.65. The van der Waals surface area contributed by atoms with E-state index in [1.54, 1.807) is 0 Å². The summed E-state index contributed by atoms with van der Waals surface area (Å²) in [6.07, 6.45) is 0.443. The van der Waals surface area contributed by atoms with Crippen LogP contribution in [-0.2, 0) is 4.79 Å². The van der Waals surface area contributed by atoms with Crippen LogP contribution in [0.3, 0.4) is 0 Å². The van der Waals surface area contributed by atoms with Gasteiger partial charge in [0, 0.05) is 24.7 Å². The second-order valence-electron chi connectivity index (χ2n) is 3.08. The lowest BCUT2D eigenvalue weighted by Gasteiger charge is -2.05. The molecule has 0 heterocycles. The molecule has 1 aromatic rings. The van der Waals surface area contributed by atoms with Crippen molar-refractivity contribution < 1.29 is 18.7 Å². The van der Waals surface area contributed by atoms with Crippen LogP contribution in [0, 0.1) is 11.6 Å². The first-order chi connectivity index (χ1) is 7.08. The molecular formula is C10H11F2NO2. The first kappa shape index (κ1) is 11.4. The summed E-state index contributed by atoms with van der Waals surface area (Å²) >= 11 is 0. The van der Waals surface area contributed by atoms with Crippen LogP contribution in [0.5, 0.6) is 0 Å². The Morgan fingerprint density at radius 3 is 2.40 bits per heavy atom. The van der Waals surface area contributed by atoms with Crippen molar-refractivity contribution >= 4 is 11.7 Å². The number of carboxylic acid groups (broad SMARTS) is 1. The standard InChI is InChI=1S/C10H11F2NO2/c11-7-4-8(12)6-9(5-7)13-3-1-2-10(14)15/h4-6,13H,1-3H2,(H,14,15). The van der Waals surface area contributed by atoms with Crippen LogP contribution in [0.2, 0.25) is 0 Å². The highest BCUT2D eigenvalue weighted by Crippen LogP contribution is 2.12. The monoisotopic (exact) mass is 215 g/mol. The van der Waals surface area contributed by atoms with E-state index >= 15 is 0 Å². The van der Waals surface area contributed by atoms with Gasteiger partial charge in [0.25, 0.3) is 0 Å². The van der Waals surface area contributed by atoms with Crippen LogP contribution in [0.15, 0.2) is 18.2 Å². The van der Waals surface area contributed by atoms with Crippen molar-refractivity contribution in [3.8, 4) is 0 Å². The van der Waals surface area contributed by atoms with Gasteiger partial charge in [0.1, 0.15) is 11.6 Å². The van der Waals surface area contributed by atoms with Gasteiger partial charge in [-0.3, -0.25) is 4.79 Å². The van der Waals surface area contributed by atoms with E-state index in [1.165, 1.54) is 0 Å². The first-order valence-corrected chi connectivity index (χ1v) is 4.49. The Balaban J connectivity index is 2.40. The fraction of sp³-hybridized carbons (Fsp3) is 0.300. The molecule has 0 fully saturated rings. The quantitative estimate of drug-likeness (QED) is 0.740. The van der Waals surface area contributed by atoms with Crippen LogP contribution >= 0.6 is 0 Å². The number of rotatable bonds is 5. The molecule has 3 nitrogen and oxygen atoms in total. The average molecular weight is 215 g/mol. The topological polar surface area (TPSA) is 49.3 Å². The Bertz CT molecular complexity index is 335. The lowest BCUT2D eigenvalue weighted by atomic mass is 10.2. The van der Waals surface area contributed by atoms with Crippen LogP contribution < -0.4 is 5.32 Å². The molecule has 5 heteroatoms.